The Morgan fingerprint density at radius 2 is 0.942 bits per heavy atom. The predicted molar refractivity (Wildman–Crippen MR) is 275 cm³/mol. The zero-order valence-electron chi connectivity index (χ0n) is 40.5. The van der Waals surface area contributed by atoms with Crippen molar-refractivity contribution in [3.63, 3.8) is 0 Å². The summed E-state index contributed by atoms with van der Waals surface area (Å²) >= 11 is 0. The number of nitrogens with one attached hydrogen (secondary N) is 2. The van der Waals surface area contributed by atoms with Crippen molar-refractivity contribution in [1.82, 2.24) is 29.6 Å². The Morgan fingerprint density at radius 1 is 0.507 bits per heavy atom. The minimum absolute atomic E-state index is 0.0890. The van der Waals surface area contributed by atoms with Crippen LogP contribution in [0.4, 0.5) is 0 Å². The molecule has 12 nitrogen and oxygen atoms in total. The quantitative estimate of drug-likeness (QED) is 0.159. The number of aromatic amines is 2. The number of carbonyl (C=O) groups excluding carboxylic acids is 4. The monoisotopic (exact) mass is 916 g/mol. The molecule has 2 N–H and O–H groups in total. The molecule has 4 heterocycles. The molecule has 12 heteroatoms. The van der Waals surface area contributed by atoms with Crippen LogP contribution in [0.25, 0.3) is 16.7 Å². The molecule has 2 aliphatic heterocycles. The molecule has 0 radical (unpaired) electrons. The first-order chi connectivity index (χ1) is 33.1. The molecular weight excluding hydrogens is 861 g/mol. The number of hydrogen-bond donors (Lipinski definition) is 2. The van der Waals surface area contributed by atoms with E-state index < -0.39 is 0 Å². The molecule has 6 aromatic rings. The fourth-order valence-corrected chi connectivity index (χ4v) is 8.59. The average molecular weight is 917 g/mol. The van der Waals surface area contributed by atoms with E-state index in [1.54, 1.807) is 76.0 Å². The lowest BCUT2D eigenvalue weighted by Crippen LogP contribution is -2.22. The highest BCUT2D eigenvalue weighted by Crippen LogP contribution is 2.33. The van der Waals surface area contributed by atoms with Gasteiger partial charge >= 0.3 is 0 Å². The van der Waals surface area contributed by atoms with Crippen LogP contribution in [0.2, 0.25) is 0 Å². The summed E-state index contributed by atoms with van der Waals surface area (Å²) in [6.07, 6.45) is 7.94. The summed E-state index contributed by atoms with van der Waals surface area (Å²) in [5.74, 6) is -0.678. The van der Waals surface area contributed by atoms with E-state index in [2.05, 4.69) is 28.2 Å². The Kier molecular flexibility index (Phi) is 13.5. The van der Waals surface area contributed by atoms with Gasteiger partial charge < -0.3 is 29.6 Å². The van der Waals surface area contributed by atoms with E-state index in [9.17, 15) is 19.2 Å². The number of rotatable bonds is 9. The number of carbonyl (C=O) groups is 4. The SMILES string of the molecule is C/C=C\C1=NCC(c2ccc(C(=O)N(C)C)cc2)c2ccc([nH]2)/C(c2ccc(C(=O)N(C)C)cc2)=c2/cc/c([nH]2)=C(\c2ccc(C(=O)N(C)C)cc2)C2=N/C(=C\1c1ccc(C(=O)N(C)C)cc1)C=C2. The van der Waals surface area contributed by atoms with E-state index in [-0.39, 0.29) is 29.5 Å². The van der Waals surface area contributed by atoms with Crippen LogP contribution in [-0.4, -0.2) is 128 Å². The second kappa shape index (κ2) is 19.8. The van der Waals surface area contributed by atoms with Gasteiger partial charge in [-0.25, -0.2) is 4.99 Å². The number of fused-ring (bicyclic) bond motifs is 5. The van der Waals surface area contributed by atoms with Gasteiger partial charge in [0.2, 0.25) is 0 Å². The molecule has 0 fully saturated rings. The largest absolute Gasteiger partial charge is 0.358 e. The molecule has 0 aliphatic carbocycles. The molecule has 1 unspecified atom stereocenters. The van der Waals surface area contributed by atoms with E-state index >= 15 is 0 Å². The number of amides is 4. The highest BCUT2D eigenvalue weighted by atomic mass is 16.2. The Bertz CT molecular complexity index is 3250. The van der Waals surface area contributed by atoms with Crippen LogP contribution in [0.3, 0.4) is 0 Å². The highest BCUT2D eigenvalue weighted by Gasteiger charge is 2.24. The lowest BCUT2D eigenvalue weighted by atomic mass is 9.93. The first-order valence-electron chi connectivity index (χ1n) is 22.7. The fraction of sp³-hybridized carbons (Fsp3) is 0.193. The number of H-pyrrole nitrogens is 2. The van der Waals surface area contributed by atoms with E-state index in [4.69, 9.17) is 9.98 Å². The molecule has 2 aromatic heterocycles. The molecule has 0 saturated carbocycles. The topological polar surface area (TPSA) is 138 Å². The smallest absolute Gasteiger partial charge is 0.253 e. The predicted octanol–water partition coefficient (Wildman–Crippen LogP) is 7.18. The molecule has 6 bridgehead atoms. The summed E-state index contributed by atoms with van der Waals surface area (Å²) in [6.45, 7) is 2.27. The van der Waals surface area contributed by atoms with Gasteiger partial charge in [-0.3, -0.25) is 24.2 Å². The van der Waals surface area contributed by atoms with Crippen LogP contribution < -0.4 is 10.7 Å². The van der Waals surface area contributed by atoms with Gasteiger partial charge in [0.25, 0.3) is 23.6 Å². The molecule has 348 valence electrons. The van der Waals surface area contributed by atoms with Crippen molar-refractivity contribution in [3.8, 4) is 0 Å². The summed E-state index contributed by atoms with van der Waals surface area (Å²) in [5, 5.41) is 1.61. The third kappa shape index (κ3) is 9.73. The number of nitrogens with zero attached hydrogens (tertiary/aromatic N) is 6. The number of benzene rings is 4. The normalized spacial score (nSPS) is 17.3. The molecule has 4 amide bonds. The molecular formula is C57H56N8O4. The summed E-state index contributed by atoms with van der Waals surface area (Å²) < 4.78 is 0. The molecule has 69 heavy (non-hydrogen) atoms. The second-order valence-electron chi connectivity index (χ2n) is 17.9. The van der Waals surface area contributed by atoms with E-state index in [0.29, 0.717) is 45.9 Å². The van der Waals surface area contributed by atoms with Gasteiger partial charge in [-0.1, -0.05) is 54.6 Å². The summed E-state index contributed by atoms with van der Waals surface area (Å²) in [6, 6.07) is 38.7. The number of hydrogen-bond acceptors (Lipinski definition) is 6. The van der Waals surface area contributed by atoms with Crippen LogP contribution in [0.5, 0.6) is 0 Å². The van der Waals surface area contributed by atoms with E-state index in [1.165, 1.54) is 0 Å². The first-order valence-corrected chi connectivity index (χ1v) is 22.7. The van der Waals surface area contributed by atoms with Gasteiger partial charge in [0.1, 0.15) is 0 Å². The Morgan fingerprint density at radius 3 is 1.41 bits per heavy atom. The molecule has 0 spiro atoms. The highest BCUT2D eigenvalue weighted by molar-refractivity contribution is 6.34. The molecule has 4 aromatic carbocycles. The van der Waals surface area contributed by atoms with Crippen LogP contribution >= 0.6 is 0 Å². The van der Waals surface area contributed by atoms with Gasteiger partial charge in [0.05, 0.1) is 23.7 Å². The zero-order chi connectivity index (χ0) is 49.1. The van der Waals surface area contributed by atoms with E-state index in [0.717, 1.165) is 61.1 Å². The van der Waals surface area contributed by atoms with Crippen LogP contribution in [0.1, 0.15) is 87.9 Å². The molecule has 0 saturated heterocycles. The maximum absolute atomic E-state index is 13.1. The second-order valence-corrected chi connectivity index (χ2v) is 17.9. The van der Waals surface area contributed by atoms with Gasteiger partial charge in [-0.15, -0.1) is 0 Å². The zero-order valence-corrected chi connectivity index (χ0v) is 40.5. The van der Waals surface area contributed by atoms with Crippen molar-refractivity contribution in [2.75, 3.05) is 62.9 Å². The Hall–Kier alpha value is -8.38. The maximum Gasteiger partial charge on any atom is 0.253 e. The van der Waals surface area contributed by atoms with Gasteiger partial charge in [0.15, 0.2) is 0 Å². The van der Waals surface area contributed by atoms with Crippen LogP contribution in [0.15, 0.2) is 161 Å². The number of allylic oxidation sites excluding steroid dienone is 5. The molecule has 1 atom stereocenters. The van der Waals surface area contributed by atoms with E-state index in [1.807, 2.05) is 134 Å². The fourth-order valence-electron chi connectivity index (χ4n) is 8.59. The van der Waals surface area contributed by atoms with Gasteiger partial charge in [0, 0.05) is 123 Å². The minimum Gasteiger partial charge on any atom is -0.358 e. The lowest BCUT2D eigenvalue weighted by molar-refractivity contribution is 0.0820. The third-order valence-electron chi connectivity index (χ3n) is 12.2. The van der Waals surface area contributed by atoms with Gasteiger partial charge in [-0.05, 0) is 120 Å². The number of aliphatic imine (C=N–C) groups is 2. The minimum atomic E-state index is -0.289. The maximum atomic E-state index is 13.1. The first kappa shape index (κ1) is 47.1. The summed E-state index contributed by atoms with van der Waals surface area (Å²) in [4.78, 5) is 76.8. The Balaban J connectivity index is 1.43. The van der Waals surface area contributed by atoms with Crippen LogP contribution in [0, 0.1) is 0 Å². The molecule has 8 rings (SSSR count). The lowest BCUT2D eigenvalue weighted by Gasteiger charge is -2.18. The average Bonchev–Trinajstić information content (AvgIpc) is 4.15. The van der Waals surface area contributed by atoms with Crippen molar-refractivity contribution in [1.29, 1.82) is 0 Å². The molecule has 2 aliphatic rings. The third-order valence-corrected chi connectivity index (χ3v) is 12.2. The van der Waals surface area contributed by atoms with Crippen molar-refractivity contribution in [3.05, 3.63) is 218 Å². The Labute approximate surface area is 402 Å². The van der Waals surface area contributed by atoms with Crippen LogP contribution in [-0.2, 0) is 0 Å². The van der Waals surface area contributed by atoms with Crippen molar-refractivity contribution in [2.45, 2.75) is 12.8 Å². The number of aromatic nitrogens is 2. The van der Waals surface area contributed by atoms with Crippen molar-refractivity contribution in [2.24, 2.45) is 9.98 Å². The van der Waals surface area contributed by atoms with Crippen molar-refractivity contribution >= 4 is 51.8 Å². The standard InChI is InChI=1S/C57H56N8O4/c1-10-11-45-51(36-14-22-40(23-15-36)55(67)63(4)5)46-30-31-49(60-46)53(38-18-26-42(27-19-38)57(69)65(8)9)50-33-32-48(61-50)52(37-16-24-41(25-17-37)56(68)64(6)7)47-29-28-44(59-47)43(34-58-45)35-12-20-39(21-13-35)54(66)62(2)3/h10-33,43,59,61H,34H2,1-9H3/b11-10-,51-46-,52-48-,53-50-,58-45?. The summed E-state index contributed by atoms with van der Waals surface area (Å²) in [7, 11) is 13.9. The van der Waals surface area contributed by atoms with Gasteiger partial charge in [-0.2, -0.15) is 0 Å². The van der Waals surface area contributed by atoms with Crippen molar-refractivity contribution < 1.29 is 19.2 Å². The summed E-state index contributed by atoms with van der Waals surface area (Å²) in [5.41, 5.74) is 12.0.